The first-order valence-corrected chi connectivity index (χ1v) is 18.3. The monoisotopic (exact) mass is 777 g/mol. The van der Waals surface area contributed by atoms with Crippen LogP contribution in [0.4, 0.5) is 0 Å². The van der Waals surface area contributed by atoms with Gasteiger partial charge in [-0.25, -0.2) is 9.59 Å². The standard InChI is InChI=1S/C41H47NO14/c1-20-18-41(56-26(7)46)29(30(20)50-23(4)43)31(51-24(5)44)21(2)32(52-25(6)45)34(54-38(48)27-14-11-10-12-15-27)37(55-39(49)28-16-13-17-42-19-28)40(8,9)36-33(53-36)22(3)35(41)47/h10-17,19-20,22,29-34,36-37H,2,18H2,1,3-9H3/t20-,22+,29+,30-,31-,32-,33+,34+,36?,37+,41+/m0/s1. The quantitative estimate of drug-likeness (QED) is 0.160. The second-order valence-electron chi connectivity index (χ2n) is 15.2. The third kappa shape index (κ3) is 8.37. The maximum absolute atomic E-state index is 15.0. The van der Waals surface area contributed by atoms with Gasteiger partial charge in [0.2, 0.25) is 0 Å². The van der Waals surface area contributed by atoms with E-state index in [0.717, 1.165) is 27.7 Å². The van der Waals surface area contributed by atoms with Gasteiger partial charge in [-0.1, -0.05) is 52.5 Å². The highest BCUT2D eigenvalue weighted by Gasteiger charge is 2.69. The predicted octanol–water partition coefficient (Wildman–Crippen LogP) is 4.15. The molecule has 15 nitrogen and oxygen atoms in total. The van der Waals surface area contributed by atoms with Gasteiger partial charge in [0.05, 0.1) is 29.3 Å². The van der Waals surface area contributed by atoms with E-state index < -0.39 is 113 Å². The number of fused-ring (bicyclic) bond motifs is 2. The summed E-state index contributed by atoms with van der Waals surface area (Å²) in [7, 11) is 0. The molecular weight excluding hydrogens is 730 g/mol. The maximum atomic E-state index is 15.0. The zero-order valence-corrected chi connectivity index (χ0v) is 32.5. The first-order chi connectivity index (χ1) is 26.3. The summed E-state index contributed by atoms with van der Waals surface area (Å²) in [6, 6.07) is 10.9. The van der Waals surface area contributed by atoms with Crippen LogP contribution in [0.1, 0.15) is 82.5 Å². The largest absolute Gasteiger partial charge is 0.462 e. The molecule has 3 fully saturated rings. The van der Waals surface area contributed by atoms with Gasteiger partial charge in [-0.3, -0.25) is 29.0 Å². The fraction of sp³-hybridized carbons (Fsp3) is 0.512. The fourth-order valence-corrected chi connectivity index (χ4v) is 8.24. The molecule has 11 atom stereocenters. The zero-order chi connectivity index (χ0) is 41.3. The molecule has 1 saturated heterocycles. The molecule has 3 aliphatic rings. The molecule has 0 spiro atoms. The number of hydrogen-bond acceptors (Lipinski definition) is 15. The normalized spacial score (nSPS) is 32.1. The Morgan fingerprint density at radius 1 is 0.750 bits per heavy atom. The molecule has 0 radical (unpaired) electrons. The molecule has 1 aromatic heterocycles. The molecule has 1 unspecified atom stereocenters. The van der Waals surface area contributed by atoms with Gasteiger partial charge in [-0.15, -0.1) is 0 Å². The number of carbonyl (C=O) groups is 7. The Bertz CT molecular complexity index is 1880. The van der Waals surface area contributed by atoms with Crippen LogP contribution in [0, 0.1) is 23.2 Å². The maximum Gasteiger partial charge on any atom is 0.340 e. The minimum atomic E-state index is -2.10. The van der Waals surface area contributed by atoms with Gasteiger partial charge in [0, 0.05) is 63.4 Å². The third-order valence-electron chi connectivity index (χ3n) is 10.6. The van der Waals surface area contributed by atoms with Crippen molar-refractivity contribution in [3.05, 3.63) is 78.1 Å². The summed E-state index contributed by atoms with van der Waals surface area (Å²) in [6.45, 7) is 15.2. The van der Waals surface area contributed by atoms with Crippen LogP contribution in [0.3, 0.4) is 0 Å². The second kappa shape index (κ2) is 16.3. The lowest BCUT2D eigenvalue weighted by Crippen LogP contribution is -2.60. The van der Waals surface area contributed by atoms with Gasteiger partial charge < -0.3 is 33.2 Å². The number of ketones is 1. The Hall–Kier alpha value is -5.44. The summed E-state index contributed by atoms with van der Waals surface area (Å²) in [6.07, 6.45) is -7.17. The Labute approximate surface area is 324 Å². The SMILES string of the molecule is C=C1[C@H](OC(C)=O)[C@@H](OC(=O)c2ccccc2)[C@@H](OC(=O)c2cccnc2)C(C)(C)C2O[C@@H]2[C@@H](C)C(=O)[C@@]2(OC(C)=O)C[C@H](C)[C@H](OC(C)=O)[C@@H]2[C@H]1OC(C)=O. The minimum absolute atomic E-state index is 0.0374. The highest BCUT2D eigenvalue weighted by molar-refractivity contribution is 5.93. The number of ether oxygens (including phenoxy) is 7. The summed E-state index contributed by atoms with van der Waals surface area (Å²) in [5.74, 6) is -8.98. The van der Waals surface area contributed by atoms with E-state index in [1.807, 2.05) is 0 Å². The smallest absolute Gasteiger partial charge is 0.340 e. The van der Waals surface area contributed by atoms with Crippen molar-refractivity contribution >= 4 is 41.6 Å². The number of esters is 6. The summed E-state index contributed by atoms with van der Waals surface area (Å²) in [5.41, 5.74) is -3.58. The van der Waals surface area contributed by atoms with Gasteiger partial charge in [0.15, 0.2) is 29.7 Å². The molecule has 0 amide bonds. The van der Waals surface area contributed by atoms with E-state index in [1.54, 1.807) is 45.9 Å². The summed E-state index contributed by atoms with van der Waals surface area (Å²) < 4.78 is 42.4. The number of aromatic nitrogens is 1. The number of rotatable bonds is 8. The first-order valence-electron chi connectivity index (χ1n) is 18.3. The van der Waals surface area contributed by atoms with Gasteiger partial charge in [-0.2, -0.15) is 0 Å². The van der Waals surface area contributed by atoms with Crippen molar-refractivity contribution in [2.45, 2.75) is 110 Å². The van der Waals surface area contributed by atoms with Crippen LogP contribution in [0.5, 0.6) is 0 Å². The molecule has 5 rings (SSSR count). The van der Waals surface area contributed by atoms with Crippen LogP contribution in [0.25, 0.3) is 0 Å². The molecule has 1 aromatic carbocycles. The van der Waals surface area contributed by atoms with Crippen molar-refractivity contribution in [1.29, 1.82) is 0 Å². The first kappa shape index (κ1) is 41.7. The van der Waals surface area contributed by atoms with Crippen LogP contribution in [0.2, 0.25) is 0 Å². The van der Waals surface area contributed by atoms with Crippen LogP contribution in [-0.4, -0.2) is 94.9 Å². The van der Waals surface area contributed by atoms with E-state index in [4.69, 9.17) is 33.2 Å². The molecule has 56 heavy (non-hydrogen) atoms. The lowest BCUT2D eigenvalue weighted by atomic mass is 9.69. The summed E-state index contributed by atoms with van der Waals surface area (Å²) in [4.78, 5) is 98.8. The van der Waals surface area contributed by atoms with Crippen molar-refractivity contribution in [1.82, 2.24) is 4.98 Å². The van der Waals surface area contributed by atoms with Gasteiger partial charge in [-0.05, 0) is 30.2 Å². The van der Waals surface area contributed by atoms with Crippen LogP contribution >= 0.6 is 0 Å². The molecule has 1 aliphatic heterocycles. The number of Topliss-reactive ketones (excluding diaryl/α,β-unsaturated/α-hetero) is 1. The van der Waals surface area contributed by atoms with Crippen molar-refractivity contribution in [2.75, 3.05) is 0 Å². The van der Waals surface area contributed by atoms with Crippen LogP contribution in [-0.2, 0) is 57.1 Å². The van der Waals surface area contributed by atoms with Gasteiger partial charge in [0.1, 0.15) is 12.2 Å². The Morgan fingerprint density at radius 3 is 1.91 bits per heavy atom. The highest BCUT2D eigenvalue weighted by atomic mass is 16.6. The topological polar surface area (TPSA) is 200 Å². The molecule has 2 aromatic rings. The average Bonchev–Trinajstić information content (AvgIpc) is 3.91. The fourth-order valence-electron chi connectivity index (χ4n) is 8.24. The Balaban J connectivity index is 1.82. The number of hydrogen-bond donors (Lipinski definition) is 0. The molecule has 15 heteroatoms. The number of pyridine rings is 1. The second-order valence-corrected chi connectivity index (χ2v) is 15.2. The van der Waals surface area contributed by atoms with Gasteiger partial charge in [0.25, 0.3) is 0 Å². The molecular formula is C41H47NO14. The highest BCUT2D eigenvalue weighted by Crippen LogP contribution is 2.54. The van der Waals surface area contributed by atoms with Gasteiger partial charge >= 0.3 is 35.8 Å². The molecule has 2 saturated carbocycles. The van der Waals surface area contributed by atoms with E-state index in [9.17, 15) is 28.8 Å². The Morgan fingerprint density at radius 2 is 1.34 bits per heavy atom. The van der Waals surface area contributed by atoms with E-state index in [1.165, 1.54) is 36.7 Å². The van der Waals surface area contributed by atoms with Crippen molar-refractivity contribution in [3.63, 3.8) is 0 Å². The molecule has 2 heterocycles. The molecule has 300 valence electrons. The zero-order valence-electron chi connectivity index (χ0n) is 32.5. The van der Waals surface area contributed by atoms with E-state index in [2.05, 4.69) is 11.6 Å². The molecule has 0 N–H and O–H groups in total. The minimum Gasteiger partial charge on any atom is -0.462 e. The van der Waals surface area contributed by atoms with Crippen LogP contribution < -0.4 is 0 Å². The summed E-state index contributed by atoms with van der Waals surface area (Å²) in [5, 5.41) is 0. The summed E-state index contributed by atoms with van der Waals surface area (Å²) >= 11 is 0. The third-order valence-corrected chi connectivity index (χ3v) is 10.6. The lowest BCUT2D eigenvalue weighted by molar-refractivity contribution is -0.188. The number of benzene rings is 1. The molecule has 0 bridgehead atoms. The van der Waals surface area contributed by atoms with Crippen molar-refractivity contribution < 1.29 is 66.7 Å². The lowest BCUT2D eigenvalue weighted by Gasteiger charge is -2.45. The number of nitrogens with zero attached hydrogens (tertiary/aromatic N) is 1. The van der Waals surface area contributed by atoms with E-state index >= 15 is 4.79 Å². The van der Waals surface area contributed by atoms with E-state index in [-0.39, 0.29) is 23.1 Å². The van der Waals surface area contributed by atoms with Crippen LogP contribution in [0.15, 0.2) is 67.0 Å². The van der Waals surface area contributed by atoms with E-state index in [0.29, 0.717) is 0 Å². The Kier molecular flexibility index (Phi) is 12.2. The van der Waals surface area contributed by atoms with Crippen molar-refractivity contribution in [3.8, 4) is 0 Å². The predicted molar refractivity (Wildman–Crippen MR) is 193 cm³/mol. The average molecular weight is 778 g/mol. The molecule has 2 aliphatic carbocycles. The number of epoxide rings is 1. The van der Waals surface area contributed by atoms with Crippen molar-refractivity contribution in [2.24, 2.45) is 23.2 Å². The number of carbonyl (C=O) groups excluding carboxylic acids is 7.